The molecule has 0 spiro atoms. The van der Waals surface area contributed by atoms with Gasteiger partial charge in [-0.05, 0) is 36.3 Å². The van der Waals surface area contributed by atoms with Gasteiger partial charge < -0.3 is 16.0 Å². The van der Waals surface area contributed by atoms with E-state index >= 15 is 0 Å². The van der Waals surface area contributed by atoms with Crippen LogP contribution < -0.4 is 21.3 Å². The molecule has 1 unspecified atom stereocenters. The first-order chi connectivity index (χ1) is 13.5. The maximum Gasteiger partial charge on any atom is 0.252 e. The van der Waals surface area contributed by atoms with Crippen molar-refractivity contribution in [2.45, 2.75) is 19.9 Å². The molecule has 1 aliphatic heterocycles. The highest BCUT2D eigenvalue weighted by Gasteiger charge is 2.28. The number of anilines is 1. The first-order valence-electron chi connectivity index (χ1n) is 9.11. The van der Waals surface area contributed by atoms with Crippen LogP contribution in [0.15, 0.2) is 36.4 Å². The van der Waals surface area contributed by atoms with Crippen molar-refractivity contribution >= 4 is 51.6 Å². The second-order valence-corrected chi connectivity index (χ2v) is 8.05. The molecule has 0 radical (unpaired) electrons. The quantitative estimate of drug-likeness (QED) is 0.438. The van der Waals surface area contributed by atoms with Crippen LogP contribution in [0.3, 0.4) is 0 Å². The van der Waals surface area contributed by atoms with Gasteiger partial charge in [-0.25, -0.2) is 0 Å². The molecule has 0 aliphatic carbocycles. The van der Waals surface area contributed by atoms with Crippen molar-refractivity contribution in [1.82, 2.24) is 5.32 Å². The number of likely N-dealkylation sites (N-methyl/N-ethyl adjacent to an activating group) is 1. The molecule has 1 atom stereocenters. The highest BCUT2D eigenvalue weighted by Crippen LogP contribution is 2.34. The van der Waals surface area contributed by atoms with Gasteiger partial charge in [0.2, 0.25) is 5.91 Å². The van der Waals surface area contributed by atoms with Crippen LogP contribution in [0.1, 0.15) is 33.3 Å². The summed E-state index contributed by atoms with van der Waals surface area (Å²) in [5.41, 5.74) is 8.04. The lowest BCUT2D eigenvalue weighted by Gasteiger charge is -2.22. The lowest BCUT2D eigenvalue weighted by molar-refractivity contribution is -0.913. The molecular formula is C20H23N4O2S2+. The number of nitrogens with one attached hydrogen (secondary N) is 3. The van der Waals surface area contributed by atoms with E-state index in [-0.39, 0.29) is 11.0 Å². The third-order valence-electron chi connectivity index (χ3n) is 4.67. The minimum Gasteiger partial charge on any atom is -0.365 e. The lowest BCUT2D eigenvalue weighted by Crippen LogP contribution is -3.11. The van der Waals surface area contributed by atoms with Crippen molar-refractivity contribution in [3.8, 4) is 0 Å². The van der Waals surface area contributed by atoms with Gasteiger partial charge in [-0.15, -0.1) is 11.3 Å². The summed E-state index contributed by atoms with van der Waals surface area (Å²) in [5.74, 6) is -0.817. The fourth-order valence-electron chi connectivity index (χ4n) is 3.21. The van der Waals surface area contributed by atoms with Gasteiger partial charge in [0.05, 0.1) is 23.5 Å². The summed E-state index contributed by atoms with van der Waals surface area (Å²) in [5, 5.41) is 6.34. The number of carbonyl (C=O) groups is 2. The van der Waals surface area contributed by atoms with E-state index in [1.807, 2.05) is 30.3 Å². The number of fused-ring (bicyclic) bond motifs is 1. The summed E-state index contributed by atoms with van der Waals surface area (Å²) in [7, 11) is 0. The normalized spacial score (nSPS) is 15.8. The Kier molecular flexibility index (Phi) is 6.56. The minimum absolute atomic E-state index is 0.142. The highest BCUT2D eigenvalue weighted by atomic mass is 32.1. The molecule has 2 aromatic rings. The number of hydrogen-bond donors (Lipinski definition) is 4. The van der Waals surface area contributed by atoms with Crippen LogP contribution >= 0.6 is 23.6 Å². The van der Waals surface area contributed by atoms with E-state index in [9.17, 15) is 9.59 Å². The van der Waals surface area contributed by atoms with Gasteiger partial charge in [0.1, 0.15) is 11.5 Å². The first-order valence-corrected chi connectivity index (χ1v) is 10.3. The maximum absolute atomic E-state index is 12.1. The molecule has 0 saturated carbocycles. The second kappa shape index (κ2) is 9.09. The summed E-state index contributed by atoms with van der Waals surface area (Å²) in [6.07, 6.45) is 3.94. The summed E-state index contributed by atoms with van der Waals surface area (Å²) in [6.45, 7) is 5.03. The molecule has 2 amide bonds. The summed E-state index contributed by atoms with van der Waals surface area (Å²) >= 11 is 6.73. The molecule has 8 heteroatoms. The summed E-state index contributed by atoms with van der Waals surface area (Å²) in [4.78, 5) is 26.7. The molecule has 0 saturated heterocycles. The Labute approximate surface area is 173 Å². The Hall–Kier alpha value is -2.55. The fraction of sp³-hybridized carbons (Fsp3) is 0.250. The molecule has 28 heavy (non-hydrogen) atoms. The predicted molar refractivity (Wildman–Crippen MR) is 116 cm³/mol. The van der Waals surface area contributed by atoms with E-state index in [4.69, 9.17) is 18.0 Å². The SMILES string of the molecule is CC[NH+]1CCc2c(sc(NC(=S)NC(=O)/C=C/c3ccccc3)c2C(N)=O)C1. The predicted octanol–water partition coefficient (Wildman–Crippen LogP) is 1.33. The Balaban J connectivity index is 1.68. The van der Waals surface area contributed by atoms with Crippen LogP contribution in [0.25, 0.3) is 6.08 Å². The molecule has 0 fully saturated rings. The van der Waals surface area contributed by atoms with Crippen LogP contribution in [-0.2, 0) is 17.8 Å². The summed E-state index contributed by atoms with van der Waals surface area (Å²) in [6, 6.07) is 9.51. The van der Waals surface area contributed by atoms with Gasteiger partial charge in [0.25, 0.3) is 5.91 Å². The van der Waals surface area contributed by atoms with Crippen molar-refractivity contribution in [3.63, 3.8) is 0 Å². The van der Waals surface area contributed by atoms with Crippen molar-refractivity contribution in [1.29, 1.82) is 0 Å². The largest absolute Gasteiger partial charge is 0.365 e. The minimum atomic E-state index is -0.474. The number of thiocarbonyl (C=S) groups is 1. The highest BCUT2D eigenvalue weighted by molar-refractivity contribution is 7.80. The number of amides is 2. The van der Waals surface area contributed by atoms with Gasteiger partial charge >= 0.3 is 0 Å². The molecule has 146 valence electrons. The van der Waals surface area contributed by atoms with Crippen LogP contribution in [0.5, 0.6) is 0 Å². The van der Waals surface area contributed by atoms with E-state index in [0.29, 0.717) is 10.6 Å². The molecule has 1 aromatic heterocycles. The van der Waals surface area contributed by atoms with Crippen LogP contribution in [0.2, 0.25) is 0 Å². The van der Waals surface area contributed by atoms with Gasteiger partial charge in [0.15, 0.2) is 5.11 Å². The van der Waals surface area contributed by atoms with Gasteiger partial charge in [-0.3, -0.25) is 14.9 Å². The Morgan fingerprint density at radius 3 is 2.75 bits per heavy atom. The molecule has 5 N–H and O–H groups in total. The Morgan fingerprint density at radius 2 is 2.07 bits per heavy atom. The van der Waals surface area contributed by atoms with Crippen LogP contribution in [0.4, 0.5) is 5.00 Å². The Bertz CT molecular complexity index is 922. The van der Waals surface area contributed by atoms with E-state index in [2.05, 4.69) is 17.6 Å². The zero-order chi connectivity index (χ0) is 20.1. The zero-order valence-corrected chi connectivity index (χ0v) is 17.2. The summed E-state index contributed by atoms with van der Waals surface area (Å²) < 4.78 is 0. The molecular weight excluding hydrogens is 392 g/mol. The number of primary amides is 1. The van der Waals surface area contributed by atoms with E-state index in [1.165, 1.54) is 22.3 Å². The lowest BCUT2D eigenvalue weighted by atomic mass is 10.0. The van der Waals surface area contributed by atoms with E-state index < -0.39 is 5.91 Å². The van der Waals surface area contributed by atoms with Crippen LogP contribution in [-0.4, -0.2) is 30.0 Å². The van der Waals surface area contributed by atoms with Gasteiger partial charge in [-0.1, -0.05) is 30.3 Å². The van der Waals surface area contributed by atoms with Crippen molar-refractivity contribution in [2.24, 2.45) is 5.73 Å². The molecule has 3 rings (SSSR count). The number of rotatable bonds is 5. The number of carbonyl (C=O) groups excluding carboxylic acids is 2. The number of hydrogen-bond acceptors (Lipinski definition) is 4. The third-order valence-corrected chi connectivity index (χ3v) is 6.02. The van der Waals surface area contributed by atoms with Crippen LogP contribution in [0, 0.1) is 0 Å². The molecule has 2 heterocycles. The molecule has 6 nitrogen and oxygen atoms in total. The van der Waals surface area contributed by atoms with Crippen molar-refractivity contribution in [3.05, 3.63) is 58.0 Å². The maximum atomic E-state index is 12.1. The van der Waals surface area contributed by atoms with Crippen molar-refractivity contribution < 1.29 is 14.5 Å². The van der Waals surface area contributed by atoms with E-state index in [1.54, 1.807) is 6.08 Å². The standard InChI is InChI=1S/C20H22N4O2S2/c1-2-24-11-10-14-15(12-24)28-19(17(14)18(21)26)23-20(27)22-16(25)9-8-13-6-4-3-5-7-13/h3-9H,2,10-12H2,1H3,(H2,21,26)(H2,22,23,25,27)/p+1/b9-8+. The third kappa shape index (κ3) is 4.83. The van der Waals surface area contributed by atoms with Gasteiger partial charge in [0, 0.05) is 12.5 Å². The molecule has 0 bridgehead atoms. The average molecular weight is 416 g/mol. The monoisotopic (exact) mass is 415 g/mol. The average Bonchev–Trinajstić information content (AvgIpc) is 3.03. The number of nitrogens with two attached hydrogens (primary N) is 1. The Morgan fingerprint density at radius 1 is 1.32 bits per heavy atom. The first kappa shape index (κ1) is 20.2. The smallest absolute Gasteiger partial charge is 0.252 e. The second-order valence-electron chi connectivity index (χ2n) is 6.54. The number of benzene rings is 1. The molecule has 1 aromatic carbocycles. The zero-order valence-electron chi connectivity index (χ0n) is 15.6. The number of quaternary nitrogens is 1. The van der Waals surface area contributed by atoms with Crippen molar-refractivity contribution in [2.75, 3.05) is 18.4 Å². The topological polar surface area (TPSA) is 88.7 Å². The number of thiophene rings is 1. The molecule has 1 aliphatic rings. The fourth-order valence-corrected chi connectivity index (χ4v) is 4.81. The van der Waals surface area contributed by atoms with Gasteiger partial charge in [-0.2, -0.15) is 0 Å². The van der Waals surface area contributed by atoms with E-state index in [0.717, 1.165) is 42.1 Å².